The topological polar surface area (TPSA) is 68.1 Å². The molecule has 1 atom stereocenters. The summed E-state index contributed by atoms with van der Waals surface area (Å²) in [4.78, 5) is 11.1. The highest BCUT2D eigenvalue weighted by molar-refractivity contribution is 8.00. The Balaban J connectivity index is 1.64. The zero-order chi connectivity index (χ0) is 30.1. The van der Waals surface area contributed by atoms with Gasteiger partial charge in [0, 0.05) is 25.4 Å². The second-order valence-electron chi connectivity index (χ2n) is 10.3. The van der Waals surface area contributed by atoms with Crippen LogP contribution in [0.1, 0.15) is 35.4 Å². The van der Waals surface area contributed by atoms with Gasteiger partial charge in [0.15, 0.2) is 0 Å². The maximum atomic E-state index is 15.4. The van der Waals surface area contributed by atoms with E-state index in [1.807, 2.05) is 13.1 Å². The van der Waals surface area contributed by atoms with Crippen molar-refractivity contribution in [2.75, 3.05) is 24.9 Å². The standard InChI is InChI=1S/C29H29F5N6OS/c1-18-8-4-5-12-23(18)25-24(28(30,31)29(32,33)34)26(37-27(36-25)38-42-22-15-35-40(3)17-22)41-21-11-6-9-19(14-21)20-10-7-13-39(2)16-20/h4-6,8-9,11-12,14-15,17,20H,7,10,13,16H2,1-3H3,(H,36,37,38). The van der Waals surface area contributed by atoms with E-state index in [1.165, 1.54) is 12.1 Å². The molecule has 5 rings (SSSR count). The highest BCUT2D eigenvalue weighted by atomic mass is 32.2. The molecule has 0 saturated carbocycles. The van der Waals surface area contributed by atoms with Crippen LogP contribution in [-0.2, 0) is 13.0 Å². The SMILES string of the molecule is Cc1ccccc1-c1nc(NSc2cnn(C)c2)nc(Oc2cccc(C3CCCN(C)C3)c2)c1C(F)(F)C(F)(F)F. The number of aryl methyl sites for hydroxylation is 2. The average Bonchev–Trinajstić information content (AvgIpc) is 3.36. The highest BCUT2D eigenvalue weighted by Crippen LogP contribution is 2.51. The summed E-state index contributed by atoms with van der Waals surface area (Å²) in [6, 6.07) is 13.0. The van der Waals surface area contributed by atoms with E-state index in [0.29, 0.717) is 10.5 Å². The Labute approximate surface area is 244 Å². The number of alkyl halides is 5. The highest BCUT2D eigenvalue weighted by Gasteiger charge is 2.62. The first-order valence-electron chi connectivity index (χ1n) is 13.2. The van der Waals surface area contributed by atoms with Crippen LogP contribution >= 0.6 is 11.9 Å². The van der Waals surface area contributed by atoms with E-state index < -0.39 is 29.2 Å². The molecule has 42 heavy (non-hydrogen) atoms. The summed E-state index contributed by atoms with van der Waals surface area (Å²) in [6.45, 7) is 3.37. The van der Waals surface area contributed by atoms with Gasteiger partial charge in [-0.1, -0.05) is 36.4 Å². The van der Waals surface area contributed by atoms with Gasteiger partial charge in [0.1, 0.15) is 11.3 Å². The molecule has 0 amide bonds. The van der Waals surface area contributed by atoms with Crippen LogP contribution < -0.4 is 9.46 Å². The molecule has 1 aliphatic heterocycles. The fourth-order valence-electron chi connectivity index (χ4n) is 4.96. The molecule has 1 fully saturated rings. The molecule has 4 aromatic rings. The van der Waals surface area contributed by atoms with Crippen molar-refractivity contribution >= 4 is 17.9 Å². The van der Waals surface area contributed by atoms with Crippen molar-refractivity contribution in [3.8, 4) is 22.9 Å². The van der Waals surface area contributed by atoms with Gasteiger partial charge >= 0.3 is 12.1 Å². The Hall–Kier alpha value is -3.71. The van der Waals surface area contributed by atoms with Crippen molar-refractivity contribution in [3.05, 3.63) is 77.6 Å². The lowest BCUT2D eigenvalue weighted by Crippen LogP contribution is -2.35. The van der Waals surface area contributed by atoms with Crippen LogP contribution in [0.25, 0.3) is 11.3 Å². The number of nitrogens with one attached hydrogen (secondary N) is 1. The Bertz CT molecular complexity index is 1560. The van der Waals surface area contributed by atoms with E-state index in [9.17, 15) is 13.2 Å². The third-order valence-electron chi connectivity index (χ3n) is 7.06. The van der Waals surface area contributed by atoms with E-state index in [2.05, 4.69) is 24.7 Å². The predicted octanol–water partition coefficient (Wildman–Crippen LogP) is 7.56. The average molecular weight is 605 g/mol. The van der Waals surface area contributed by atoms with Gasteiger partial charge in [-0.05, 0) is 74.5 Å². The number of rotatable bonds is 8. The third kappa shape index (κ3) is 6.36. The fourth-order valence-corrected chi connectivity index (χ4v) is 5.56. The smallest absolute Gasteiger partial charge is 0.438 e. The largest absolute Gasteiger partial charge is 0.458 e. The van der Waals surface area contributed by atoms with Gasteiger partial charge in [-0.15, -0.1) is 0 Å². The van der Waals surface area contributed by atoms with E-state index in [-0.39, 0.29) is 23.2 Å². The molecule has 1 saturated heterocycles. The molecule has 2 aromatic heterocycles. The molecule has 1 N–H and O–H groups in total. The molecule has 0 bridgehead atoms. The summed E-state index contributed by atoms with van der Waals surface area (Å²) >= 11 is 1.03. The molecular formula is C29H29F5N6OS. The summed E-state index contributed by atoms with van der Waals surface area (Å²) in [5.41, 5.74) is -0.585. The van der Waals surface area contributed by atoms with Crippen LogP contribution in [0.3, 0.4) is 0 Å². The van der Waals surface area contributed by atoms with Gasteiger partial charge in [-0.3, -0.25) is 9.40 Å². The lowest BCUT2D eigenvalue weighted by atomic mass is 9.91. The van der Waals surface area contributed by atoms with Crippen LogP contribution in [0.15, 0.2) is 65.8 Å². The maximum absolute atomic E-state index is 15.4. The van der Waals surface area contributed by atoms with Gasteiger partial charge in [0.25, 0.3) is 0 Å². The predicted molar refractivity (Wildman–Crippen MR) is 151 cm³/mol. The first-order valence-corrected chi connectivity index (χ1v) is 14.0. The second kappa shape index (κ2) is 11.9. The van der Waals surface area contributed by atoms with Crippen LogP contribution in [-0.4, -0.2) is 51.0 Å². The molecule has 13 heteroatoms. The first kappa shape index (κ1) is 29.8. The molecule has 3 heterocycles. The number of anilines is 1. The molecule has 222 valence electrons. The van der Waals surface area contributed by atoms with Gasteiger partial charge < -0.3 is 9.64 Å². The molecule has 0 spiro atoms. The number of hydrogen-bond donors (Lipinski definition) is 1. The molecular weight excluding hydrogens is 575 g/mol. The minimum absolute atomic E-state index is 0.0945. The quantitative estimate of drug-likeness (QED) is 0.164. The minimum atomic E-state index is -5.93. The number of likely N-dealkylation sites (tertiary alicyclic amines) is 1. The van der Waals surface area contributed by atoms with Crippen LogP contribution in [0.2, 0.25) is 0 Å². The van der Waals surface area contributed by atoms with Gasteiger partial charge in [0.2, 0.25) is 11.8 Å². The summed E-state index contributed by atoms with van der Waals surface area (Å²) in [5.74, 6) is -6.15. The Morgan fingerprint density at radius 3 is 2.50 bits per heavy atom. The van der Waals surface area contributed by atoms with Crippen LogP contribution in [0.5, 0.6) is 11.6 Å². The number of hydrogen-bond acceptors (Lipinski definition) is 7. The Morgan fingerprint density at radius 2 is 1.81 bits per heavy atom. The number of nitrogens with zero attached hydrogens (tertiary/aromatic N) is 5. The molecule has 0 radical (unpaired) electrons. The Kier molecular flexibility index (Phi) is 8.42. The first-order chi connectivity index (χ1) is 19.9. The number of aromatic nitrogens is 4. The second-order valence-corrected chi connectivity index (χ2v) is 11.2. The summed E-state index contributed by atoms with van der Waals surface area (Å²) in [6.07, 6.45) is -0.769. The van der Waals surface area contributed by atoms with E-state index in [0.717, 1.165) is 43.4 Å². The van der Waals surface area contributed by atoms with E-state index in [1.54, 1.807) is 61.4 Å². The number of likely N-dealkylation sites (N-methyl/N-ethyl adjacent to an activating group) is 1. The van der Waals surface area contributed by atoms with E-state index >= 15 is 8.78 Å². The number of halogens is 5. The Morgan fingerprint density at radius 1 is 1.02 bits per heavy atom. The van der Waals surface area contributed by atoms with Gasteiger partial charge in [0.05, 0.1) is 16.8 Å². The number of benzene rings is 2. The summed E-state index contributed by atoms with van der Waals surface area (Å²) in [7, 11) is 3.74. The lowest BCUT2D eigenvalue weighted by Gasteiger charge is -2.30. The maximum Gasteiger partial charge on any atom is 0.458 e. The third-order valence-corrected chi connectivity index (χ3v) is 7.79. The van der Waals surface area contributed by atoms with Crippen molar-refractivity contribution in [1.82, 2.24) is 24.6 Å². The monoisotopic (exact) mass is 604 g/mol. The van der Waals surface area contributed by atoms with Crippen molar-refractivity contribution in [1.29, 1.82) is 0 Å². The molecule has 1 aliphatic rings. The van der Waals surface area contributed by atoms with Crippen molar-refractivity contribution in [2.24, 2.45) is 7.05 Å². The lowest BCUT2D eigenvalue weighted by molar-refractivity contribution is -0.289. The van der Waals surface area contributed by atoms with Crippen molar-refractivity contribution in [2.45, 2.75) is 42.7 Å². The normalized spacial score (nSPS) is 16.4. The van der Waals surface area contributed by atoms with E-state index in [4.69, 9.17) is 4.74 Å². The van der Waals surface area contributed by atoms with Crippen LogP contribution in [0.4, 0.5) is 27.9 Å². The summed E-state index contributed by atoms with van der Waals surface area (Å²) < 4.78 is 82.9. The van der Waals surface area contributed by atoms with Gasteiger partial charge in [-0.25, -0.2) is 4.98 Å². The van der Waals surface area contributed by atoms with Crippen molar-refractivity contribution < 1.29 is 26.7 Å². The zero-order valence-electron chi connectivity index (χ0n) is 23.1. The molecule has 7 nitrogen and oxygen atoms in total. The molecule has 2 aromatic carbocycles. The van der Waals surface area contributed by atoms with Gasteiger partial charge in [-0.2, -0.15) is 32.0 Å². The molecule has 1 unspecified atom stereocenters. The van der Waals surface area contributed by atoms with Crippen LogP contribution in [0, 0.1) is 6.92 Å². The number of ether oxygens (including phenoxy) is 1. The fraction of sp³-hybridized carbons (Fsp3) is 0.345. The minimum Gasteiger partial charge on any atom is -0.438 e. The number of piperidine rings is 1. The van der Waals surface area contributed by atoms with Crippen molar-refractivity contribution in [3.63, 3.8) is 0 Å². The molecule has 0 aliphatic carbocycles. The zero-order valence-corrected chi connectivity index (χ0v) is 23.9. The summed E-state index contributed by atoms with van der Waals surface area (Å²) in [5, 5.41) is 4.07.